The van der Waals surface area contributed by atoms with Crippen molar-refractivity contribution in [1.82, 2.24) is 0 Å². The van der Waals surface area contributed by atoms with Crippen molar-refractivity contribution in [2.75, 3.05) is 5.32 Å². The number of rotatable bonds is 3. The molecule has 1 aromatic rings. The van der Waals surface area contributed by atoms with Gasteiger partial charge in [0.15, 0.2) is 0 Å². The van der Waals surface area contributed by atoms with Crippen molar-refractivity contribution in [2.24, 2.45) is 17.6 Å². The van der Waals surface area contributed by atoms with Crippen LogP contribution in [0.5, 0.6) is 0 Å². The quantitative estimate of drug-likeness (QED) is 0.877. The smallest absolute Gasteiger partial charge is 0.243 e. The number of hydrogen-bond donors (Lipinski definition) is 2. The zero-order chi connectivity index (χ0) is 14.0. The van der Waals surface area contributed by atoms with Gasteiger partial charge in [-0.15, -0.1) is 0 Å². The van der Waals surface area contributed by atoms with Gasteiger partial charge in [0.05, 0.1) is 0 Å². The van der Waals surface area contributed by atoms with Crippen molar-refractivity contribution in [3.05, 3.63) is 29.8 Å². The van der Waals surface area contributed by atoms with E-state index < -0.39 is 5.54 Å². The van der Waals surface area contributed by atoms with Crippen LogP contribution in [0.2, 0.25) is 0 Å². The lowest BCUT2D eigenvalue weighted by atomic mass is 9.70. The number of carbonyl (C=O) groups is 1. The number of primary amides is 1. The molecule has 3 N–H and O–H groups in total. The van der Waals surface area contributed by atoms with Gasteiger partial charge in [0.1, 0.15) is 5.54 Å². The summed E-state index contributed by atoms with van der Waals surface area (Å²) >= 11 is 0. The highest BCUT2D eigenvalue weighted by Crippen LogP contribution is 2.38. The Morgan fingerprint density at radius 3 is 2.68 bits per heavy atom. The van der Waals surface area contributed by atoms with Gasteiger partial charge in [-0.3, -0.25) is 4.79 Å². The minimum Gasteiger partial charge on any atom is -0.371 e. The molecule has 3 heteroatoms. The summed E-state index contributed by atoms with van der Waals surface area (Å²) in [6, 6.07) is 8.11. The number of nitrogens with one attached hydrogen (secondary N) is 1. The summed E-state index contributed by atoms with van der Waals surface area (Å²) in [6.07, 6.45) is 2.68. The number of aryl methyl sites for hydroxylation is 1. The summed E-state index contributed by atoms with van der Waals surface area (Å²) in [6.45, 7) is 6.51. The third-order valence-electron chi connectivity index (χ3n) is 4.54. The number of amides is 1. The molecule has 1 amide bonds. The second kappa shape index (κ2) is 5.24. The molecule has 0 heterocycles. The standard InChI is InChI=1S/C16H24N2O/c1-11-5-4-6-14(9-11)18-16(15(17)19)8-7-12(2)13(3)10-16/h4-6,9,12-13,18H,7-8,10H2,1-3H3,(H2,17,19). The van der Waals surface area contributed by atoms with Gasteiger partial charge in [-0.05, 0) is 55.7 Å². The van der Waals surface area contributed by atoms with Crippen LogP contribution < -0.4 is 11.1 Å². The molecule has 3 unspecified atom stereocenters. The third kappa shape index (κ3) is 2.91. The molecular weight excluding hydrogens is 236 g/mol. The Hall–Kier alpha value is -1.51. The second-order valence-corrected chi connectivity index (χ2v) is 6.14. The molecule has 0 aromatic heterocycles. The molecule has 1 saturated carbocycles. The van der Waals surface area contributed by atoms with Crippen LogP contribution >= 0.6 is 0 Å². The van der Waals surface area contributed by atoms with E-state index >= 15 is 0 Å². The number of nitrogens with two attached hydrogens (primary N) is 1. The fraction of sp³-hybridized carbons (Fsp3) is 0.562. The number of carbonyl (C=O) groups excluding carboxylic acids is 1. The first-order valence-electron chi connectivity index (χ1n) is 7.08. The Bertz CT molecular complexity index is 472. The van der Waals surface area contributed by atoms with E-state index in [2.05, 4.69) is 25.2 Å². The van der Waals surface area contributed by atoms with Gasteiger partial charge in [-0.25, -0.2) is 0 Å². The molecule has 1 aliphatic rings. The van der Waals surface area contributed by atoms with Crippen molar-refractivity contribution in [2.45, 2.75) is 45.6 Å². The van der Waals surface area contributed by atoms with Gasteiger partial charge in [-0.2, -0.15) is 0 Å². The molecule has 0 aliphatic heterocycles. The molecule has 0 spiro atoms. The van der Waals surface area contributed by atoms with E-state index in [1.165, 1.54) is 5.56 Å². The van der Waals surface area contributed by atoms with E-state index in [0.717, 1.165) is 24.9 Å². The molecule has 2 rings (SSSR count). The number of benzene rings is 1. The predicted molar refractivity (Wildman–Crippen MR) is 78.9 cm³/mol. The molecule has 0 saturated heterocycles. The minimum absolute atomic E-state index is 0.229. The average Bonchev–Trinajstić information content (AvgIpc) is 2.34. The van der Waals surface area contributed by atoms with Crippen LogP contribution in [0.15, 0.2) is 24.3 Å². The molecule has 104 valence electrons. The predicted octanol–water partition coefficient (Wildman–Crippen LogP) is 3.09. The maximum Gasteiger partial charge on any atom is 0.243 e. The van der Waals surface area contributed by atoms with E-state index in [1.54, 1.807) is 0 Å². The average molecular weight is 260 g/mol. The summed E-state index contributed by atoms with van der Waals surface area (Å²) in [4.78, 5) is 12.0. The maximum absolute atomic E-state index is 12.0. The van der Waals surface area contributed by atoms with Crippen molar-refractivity contribution in [1.29, 1.82) is 0 Å². The molecule has 1 fully saturated rings. The van der Waals surface area contributed by atoms with E-state index in [-0.39, 0.29) is 5.91 Å². The Kier molecular flexibility index (Phi) is 3.83. The summed E-state index contributed by atoms with van der Waals surface area (Å²) in [7, 11) is 0. The summed E-state index contributed by atoms with van der Waals surface area (Å²) in [5, 5.41) is 3.41. The second-order valence-electron chi connectivity index (χ2n) is 6.14. The van der Waals surface area contributed by atoms with Crippen LogP contribution in [0, 0.1) is 18.8 Å². The fourth-order valence-electron chi connectivity index (χ4n) is 3.01. The molecule has 0 radical (unpaired) electrons. The Morgan fingerprint density at radius 1 is 1.37 bits per heavy atom. The molecule has 19 heavy (non-hydrogen) atoms. The van der Waals surface area contributed by atoms with Crippen molar-refractivity contribution >= 4 is 11.6 Å². The van der Waals surface area contributed by atoms with E-state index in [1.807, 2.05) is 25.1 Å². The Balaban J connectivity index is 2.23. The zero-order valence-corrected chi connectivity index (χ0v) is 12.1. The van der Waals surface area contributed by atoms with Crippen molar-refractivity contribution < 1.29 is 4.79 Å². The third-order valence-corrected chi connectivity index (χ3v) is 4.54. The lowest BCUT2D eigenvalue weighted by Gasteiger charge is -2.41. The number of hydrogen-bond acceptors (Lipinski definition) is 2. The summed E-state index contributed by atoms with van der Waals surface area (Å²) in [5.41, 5.74) is 7.28. The molecule has 3 nitrogen and oxygen atoms in total. The normalized spacial score (nSPS) is 30.9. The van der Waals surface area contributed by atoms with Crippen LogP contribution in [0.3, 0.4) is 0 Å². The highest BCUT2D eigenvalue weighted by molar-refractivity contribution is 5.88. The SMILES string of the molecule is Cc1cccc(NC2(C(N)=O)CCC(C)C(C)C2)c1. The van der Waals surface area contributed by atoms with Crippen LogP contribution in [0.1, 0.15) is 38.7 Å². The first-order valence-corrected chi connectivity index (χ1v) is 7.08. The van der Waals surface area contributed by atoms with Gasteiger partial charge in [0.2, 0.25) is 5.91 Å². The molecule has 0 bridgehead atoms. The first-order chi connectivity index (χ1) is 8.93. The van der Waals surface area contributed by atoms with Crippen molar-refractivity contribution in [3.63, 3.8) is 0 Å². The molecule has 1 aromatic carbocycles. The fourth-order valence-corrected chi connectivity index (χ4v) is 3.01. The largest absolute Gasteiger partial charge is 0.371 e. The Morgan fingerprint density at radius 2 is 2.11 bits per heavy atom. The van der Waals surface area contributed by atoms with Gasteiger partial charge < -0.3 is 11.1 Å². The molecular formula is C16H24N2O. The number of anilines is 1. The van der Waals surface area contributed by atoms with Gasteiger partial charge in [-0.1, -0.05) is 26.0 Å². The highest BCUT2D eigenvalue weighted by atomic mass is 16.1. The zero-order valence-electron chi connectivity index (χ0n) is 12.1. The highest BCUT2D eigenvalue weighted by Gasteiger charge is 2.42. The van der Waals surface area contributed by atoms with Gasteiger partial charge in [0, 0.05) is 5.69 Å². The van der Waals surface area contributed by atoms with E-state index in [0.29, 0.717) is 11.8 Å². The summed E-state index contributed by atoms with van der Waals surface area (Å²) < 4.78 is 0. The van der Waals surface area contributed by atoms with Gasteiger partial charge in [0.25, 0.3) is 0 Å². The molecule has 1 aliphatic carbocycles. The molecule has 3 atom stereocenters. The van der Waals surface area contributed by atoms with Crippen LogP contribution in [-0.2, 0) is 4.79 Å². The van der Waals surface area contributed by atoms with Crippen molar-refractivity contribution in [3.8, 4) is 0 Å². The maximum atomic E-state index is 12.0. The summed E-state index contributed by atoms with van der Waals surface area (Å²) in [5.74, 6) is 0.943. The van der Waals surface area contributed by atoms with Gasteiger partial charge >= 0.3 is 0 Å². The minimum atomic E-state index is -0.584. The van der Waals surface area contributed by atoms with E-state index in [9.17, 15) is 4.79 Å². The Labute approximate surface area is 115 Å². The lowest BCUT2D eigenvalue weighted by molar-refractivity contribution is -0.124. The topological polar surface area (TPSA) is 55.1 Å². The van der Waals surface area contributed by atoms with Crippen LogP contribution in [0.4, 0.5) is 5.69 Å². The lowest BCUT2D eigenvalue weighted by Crippen LogP contribution is -2.54. The monoisotopic (exact) mass is 260 g/mol. The first kappa shape index (κ1) is 13.9. The van der Waals surface area contributed by atoms with Crippen LogP contribution in [-0.4, -0.2) is 11.4 Å². The van der Waals surface area contributed by atoms with Crippen LogP contribution in [0.25, 0.3) is 0 Å². The van der Waals surface area contributed by atoms with E-state index in [4.69, 9.17) is 5.73 Å².